The van der Waals surface area contributed by atoms with Crippen LogP contribution >= 0.6 is 0 Å². The summed E-state index contributed by atoms with van der Waals surface area (Å²) in [6, 6.07) is 9.31. The summed E-state index contributed by atoms with van der Waals surface area (Å²) in [5.41, 5.74) is 5.37. The summed E-state index contributed by atoms with van der Waals surface area (Å²) in [6.45, 7) is 4.91. The van der Waals surface area contributed by atoms with E-state index in [0.717, 1.165) is 0 Å². The molecule has 0 saturated carbocycles. The first-order valence-electron chi connectivity index (χ1n) is 7.41. The zero-order chi connectivity index (χ0) is 17.7. The van der Waals surface area contributed by atoms with Crippen LogP contribution in [-0.4, -0.2) is 23.8 Å². The van der Waals surface area contributed by atoms with Crippen LogP contribution < -0.4 is 16.2 Å². The van der Waals surface area contributed by atoms with Crippen molar-refractivity contribution in [3.05, 3.63) is 59.0 Å². The first kappa shape index (κ1) is 17.3. The Morgan fingerprint density at radius 2 is 1.67 bits per heavy atom. The van der Waals surface area contributed by atoms with Crippen molar-refractivity contribution in [1.29, 1.82) is 0 Å². The number of carbonyl (C=O) groups is 3. The number of hydrazine groups is 1. The van der Waals surface area contributed by atoms with E-state index in [4.69, 9.17) is 4.42 Å². The third-order valence-corrected chi connectivity index (χ3v) is 3.36. The summed E-state index contributed by atoms with van der Waals surface area (Å²) in [5, 5.41) is 2.55. The van der Waals surface area contributed by atoms with E-state index in [2.05, 4.69) is 16.2 Å². The second kappa shape index (κ2) is 7.45. The maximum Gasteiger partial charge on any atom is 0.273 e. The molecule has 0 bridgehead atoms. The van der Waals surface area contributed by atoms with Gasteiger partial charge in [0.2, 0.25) is 0 Å². The molecule has 0 spiro atoms. The maximum atomic E-state index is 12.0. The fourth-order valence-electron chi connectivity index (χ4n) is 2.09. The van der Waals surface area contributed by atoms with Crippen LogP contribution in [0.25, 0.3) is 0 Å². The smallest absolute Gasteiger partial charge is 0.273 e. The molecule has 3 N–H and O–H groups in total. The van der Waals surface area contributed by atoms with Crippen LogP contribution in [0.15, 0.2) is 40.8 Å². The Kier molecular flexibility index (Phi) is 5.36. The zero-order valence-electron chi connectivity index (χ0n) is 13.7. The van der Waals surface area contributed by atoms with Crippen LogP contribution in [0.5, 0.6) is 0 Å². The highest BCUT2D eigenvalue weighted by atomic mass is 16.3. The van der Waals surface area contributed by atoms with Gasteiger partial charge in [0.1, 0.15) is 17.6 Å². The molecule has 126 valence electrons. The number of rotatable bonds is 4. The number of amides is 3. The molecule has 24 heavy (non-hydrogen) atoms. The van der Waals surface area contributed by atoms with Gasteiger partial charge in [-0.2, -0.15) is 0 Å². The highest BCUT2D eigenvalue weighted by Crippen LogP contribution is 2.12. The molecule has 3 amide bonds. The molecule has 0 aliphatic carbocycles. The third kappa shape index (κ3) is 4.22. The summed E-state index contributed by atoms with van der Waals surface area (Å²) in [6.07, 6.45) is 0. The molecule has 2 aromatic rings. The Bertz CT molecular complexity index is 752. The van der Waals surface area contributed by atoms with Crippen LogP contribution in [0.4, 0.5) is 0 Å². The summed E-state index contributed by atoms with van der Waals surface area (Å²) >= 11 is 0. The minimum Gasteiger partial charge on any atom is -0.466 e. The molecule has 0 saturated heterocycles. The minimum absolute atomic E-state index is 0.341. The number of carbonyl (C=O) groups excluding carboxylic acids is 3. The van der Waals surface area contributed by atoms with Crippen LogP contribution in [0.1, 0.15) is 39.2 Å². The summed E-state index contributed by atoms with van der Waals surface area (Å²) in [5.74, 6) is -0.326. The number of hydrogen-bond donors (Lipinski definition) is 3. The summed E-state index contributed by atoms with van der Waals surface area (Å²) in [4.78, 5) is 35.9. The van der Waals surface area contributed by atoms with Crippen LogP contribution in [0.3, 0.4) is 0 Å². The van der Waals surface area contributed by atoms with E-state index >= 15 is 0 Å². The predicted molar refractivity (Wildman–Crippen MR) is 87.2 cm³/mol. The fraction of sp³-hybridized carbons (Fsp3) is 0.235. The fourth-order valence-corrected chi connectivity index (χ4v) is 2.09. The molecule has 0 radical (unpaired) electrons. The molecular formula is C17H19N3O4. The van der Waals surface area contributed by atoms with Gasteiger partial charge in [-0.15, -0.1) is 0 Å². The van der Waals surface area contributed by atoms with Gasteiger partial charge in [0.15, 0.2) is 0 Å². The average Bonchev–Trinajstić information content (AvgIpc) is 2.91. The van der Waals surface area contributed by atoms with E-state index in [1.54, 1.807) is 50.2 Å². The maximum absolute atomic E-state index is 12.0. The summed E-state index contributed by atoms with van der Waals surface area (Å²) < 4.78 is 5.26. The van der Waals surface area contributed by atoms with Crippen molar-refractivity contribution in [2.45, 2.75) is 26.8 Å². The van der Waals surface area contributed by atoms with Crippen molar-refractivity contribution >= 4 is 17.7 Å². The van der Waals surface area contributed by atoms with Gasteiger partial charge in [-0.25, -0.2) is 0 Å². The van der Waals surface area contributed by atoms with E-state index < -0.39 is 17.9 Å². The van der Waals surface area contributed by atoms with Crippen molar-refractivity contribution in [2.24, 2.45) is 0 Å². The second-order valence-electron chi connectivity index (χ2n) is 5.33. The number of hydrogen-bond acceptors (Lipinski definition) is 4. The Morgan fingerprint density at radius 1 is 1.00 bits per heavy atom. The average molecular weight is 329 g/mol. The topological polar surface area (TPSA) is 100 Å². The number of furan rings is 1. The zero-order valence-corrected chi connectivity index (χ0v) is 13.7. The van der Waals surface area contributed by atoms with Gasteiger partial charge in [0.05, 0.1) is 5.56 Å². The molecule has 0 fully saturated rings. The number of aryl methyl sites for hydroxylation is 2. The molecule has 1 heterocycles. The Balaban J connectivity index is 1.87. The largest absolute Gasteiger partial charge is 0.466 e. The van der Waals surface area contributed by atoms with E-state index in [0.29, 0.717) is 22.6 Å². The van der Waals surface area contributed by atoms with Gasteiger partial charge >= 0.3 is 0 Å². The lowest BCUT2D eigenvalue weighted by Crippen LogP contribution is -2.51. The first-order valence-corrected chi connectivity index (χ1v) is 7.41. The number of benzene rings is 1. The van der Waals surface area contributed by atoms with E-state index in [1.807, 2.05) is 0 Å². The highest BCUT2D eigenvalue weighted by Gasteiger charge is 2.18. The Labute approximate surface area is 139 Å². The van der Waals surface area contributed by atoms with Gasteiger partial charge < -0.3 is 9.73 Å². The Morgan fingerprint density at radius 3 is 2.25 bits per heavy atom. The number of nitrogens with one attached hydrogen (secondary N) is 3. The van der Waals surface area contributed by atoms with Gasteiger partial charge in [-0.1, -0.05) is 18.2 Å². The Hall–Kier alpha value is -3.09. The molecule has 0 aliphatic heterocycles. The predicted octanol–water partition coefficient (Wildman–Crippen LogP) is 1.48. The molecule has 7 heteroatoms. The van der Waals surface area contributed by atoms with Crippen LogP contribution in [0.2, 0.25) is 0 Å². The van der Waals surface area contributed by atoms with Crippen molar-refractivity contribution in [3.8, 4) is 0 Å². The standard InChI is InChI=1S/C17H19N3O4/c1-10-9-14(12(3)24-10)17(23)20-19-15(21)11(2)18-16(22)13-7-5-4-6-8-13/h4-9,11H,1-3H3,(H,18,22)(H,19,21)(H,20,23)/t11-/m1/s1. The van der Waals surface area contributed by atoms with E-state index in [1.165, 1.54) is 6.92 Å². The summed E-state index contributed by atoms with van der Waals surface area (Å²) in [7, 11) is 0. The molecule has 0 unspecified atom stereocenters. The van der Waals surface area contributed by atoms with Crippen LogP contribution in [0, 0.1) is 13.8 Å². The first-order chi connectivity index (χ1) is 11.4. The lowest BCUT2D eigenvalue weighted by molar-refractivity contribution is -0.123. The minimum atomic E-state index is -0.815. The van der Waals surface area contributed by atoms with Gasteiger partial charge in [0, 0.05) is 5.56 Å². The van der Waals surface area contributed by atoms with Gasteiger partial charge in [-0.05, 0) is 39.0 Å². The molecule has 1 aromatic heterocycles. The molecule has 1 atom stereocenters. The van der Waals surface area contributed by atoms with Gasteiger partial charge in [-0.3, -0.25) is 25.2 Å². The molecular weight excluding hydrogens is 310 g/mol. The van der Waals surface area contributed by atoms with Crippen molar-refractivity contribution in [2.75, 3.05) is 0 Å². The normalized spacial score (nSPS) is 11.5. The molecule has 7 nitrogen and oxygen atoms in total. The SMILES string of the molecule is Cc1cc(C(=O)NNC(=O)[C@@H](C)NC(=O)c2ccccc2)c(C)o1. The molecule has 0 aliphatic rings. The third-order valence-electron chi connectivity index (χ3n) is 3.36. The van der Waals surface area contributed by atoms with E-state index in [9.17, 15) is 14.4 Å². The van der Waals surface area contributed by atoms with Crippen molar-refractivity contribution in [1.82, 2.24) is 16.2 Å². The van der Waals surface area contributed by atoms with Crippen LogP contribution in [-0.2, 0) is 4.79 Å². The molecule has 1 aromatic carbocycles. The quantitative estimate of drug-likeness (QED) is 0.740. The monoisotopic (exact) mass is 329 g/mol. The lowest BCUT2D eigenvalue weighted by Gasteiger charge is -2.14. The van der Waals surface area contributed by atoms with E-state index in [-0.39, 0.29) is 5.91 Å². The van der Waals surface area contributed by atoms with Crippen molar-refractivity contribution in [3.63, 3.8) is 0 Å². The second-order valence-corrected chi connectivity index (χ2v) is 5.33. The lowest BCUT2D eigenvalue weighted by atomic mass is 10.2. The molecule has 2 rings (SSSR count). The van der Waals surface area contributed by atoms with Gasteiger partial charge in [0.25, 0.3) is 17.7 Å². The van der Waals surface area contributed by atoms with Crippen molar-refractivity contribution < 1.29 is 18.8 Å². The highest BCUT2D eigenvalue weighted by molar-refractivity contribution is 5.99.